The summed E-state index contributed by atoms with van der Waals surface area (Å²) in [5, 5.41) is 12.1. The molecule has 2 amide bonds. The Kier molecular flexibility index (Phi) is 7.22. The molecule has 31 heavy (non-hydrogen) atoms. The van der Waals surface area contributed by atoms with Gasteiger partial charge in [0.25, 0.3) is 11.8 Å². The first-order valence-electron chi connectivity index (χ1n) is 9.66. The van der Waals surface area contributed by atoms with E-state index in [0.717, 1.165) is 16.8 Å². The molecule has 0 aliphatic heterocycles. The number of nitrogens with one attached hydrogen (secondary N) is 3. The first kappa shape index (κ1) is 21.4. The molecule has 0 saturated heterocycles. The second kappa shape index (κ2) is 10.5. The van der Waals surface area contributed by atoms with Gasteiger partial charge in [-0.15, -0.1) is 0 Å². The molecule has 3 aromatic carbocycles. The van der Waals surface area contributed by atoms with Gasteiger partial charge in [-0.25, -0.2) is 0 Å². The van der Waals surface area contributed by atoms with Gasteiger partial charge in [0.2, 0.25) is 0 Å². The van der Waals surface area contributed by atoms with Gasteiger partial charge < -0.3 is 10.1 Å². The molecule has 0 aliphatic carbocycles. The highest BCUT2D eigenvalue weighted by molar-refractivity contribution is 5.96. The number of nitrogens with zero attached hydrogens (tertiary/aromatic N) is 1. The first-order chi connectivity index (χ1) is 15.0. The molecule has 3 rings (SSSR count). The third-order valence-electron chi connectivity index (χ3n) is 4.45. The lowest BCUT2D eigenvalue weighted by atomic mass is 10.1. The number of benzene rings is 3. The number of carbonyl (C=O) groups is 2. The van der Waals surface area contributed by atoms with E-state index in [1.54, 1.807) is 36.4 Å². The summed E-state index contributed by atoms with van der Waals surface area (Å²) >= 11 is 0. The molecule has 0 fully saturated rings. The number of amides is 2. The van der Waals surface area contributed by atoms with Crippen LogP contribution in [0.15, 0.2) is 72.8 Å². The molecular weight excluding hydrogens is 392 g/mol. The van der Waals surface area contributed by atoms with Gasteiger partial charge in [0.1, 0.15) is 12.4 Å². The molecule has 0 spiro atoms. The van der Waals surface area contributed by atoms with Gasteiger partial charge >= 0.3 is 0 Å². The molecule has 0 aliphatic rings. The average Bonchev–Trinajstić information content (AvgIpc) is 2.81. The Balaban J connectivity index is 1.49. The minimum Gasteiger partial charge on any atom is -0.489 e. The summed E-state index contributed by atoms with van der Waals surface area (Å²) in [4.78, 5) is 24.3. The van der Waals surface area contributed by atoms with Crippen LogP contribution in [-0.4, -0.2) is 18.4 Å². The van der Waals surface area contributed by atoms with Crippen LogP contribution in [-0.2, 0) is 11.4 Å². The number of rotatable bonds is 7. The maximum Gasteiger partial charge on any atom is 0.269 e. The van der Waals surface area contributed by atoms with Gasteiger partial charge in [-0.1, -0.05) is 42.0 Å². The van der Waals surface area contributed by atoms with Gasteiger partial charge in [-0.2, -0.15) is 5.26 Å². The van der Waals surface area contributed by atoms with Crippen LogP contribution in [0.1, 0.15) is 27.0 Å². The standard InChI is InChI=1S/C24H22N4O3/c1-17-9-11-21(12-10-17)26-15-23(29)27-28-24(30)18-7-4-8-22(13-18)31-16-20-6-3-2-5-19(20)14-25/h2-13,26H,15-16H2,1H3,(H,27,29)(H,28,30). The quantitative estimate of drug-likeness (QED) is 0.515. The Morgan fingerprint density at radius 1 is 0.968 bits per heavy atom. The summed E-state index contributed by atoms with van der Waals surface area (Å²) in [6, 6.07) is 23.5. The molecular formula is C24H22N4O3. The van der Waals surface area contributed by atoms with Gasteiger partial charge in [-0.05, 0) is 43.3 Å². The van der Waals surface area contributed by atoms with Crippen molar-refractivity contribution in [1.82, 2.24) is 10.9 Å². The van der Waals surface area contributed by atoms with Gasteiger partial charge in [0.15, 0.2) is 0 Å². The number of carbonyl (C=O) groups excluding carboxylic acids is 2. The normalized spacial score (nSPS) is 9.94. The highest BCUT2D eigenvalue weighted by Gasteiger charge is 2.09. The number of aryl methyl sites for hydroxylation is 1. The van der Waals surface area contributed by atoms with E-state index in [1.807, 2.05) is 43.3 Å². The van der Waals surface area contributed by atoms with E-state index in [-0.39, 0.29) is 19.1 Å². The monoisotopic (exact) mass is 414 g/mol. The molecule has 3 aromatic rings. The minimum atomic E-state index is -0.466. The van der Waals surface area contributed by atoms with Gasteiger partial charge in [-0.3, -0.25) is 20.4 Å². The predicted molar refractivity (Wildman–Crippen MR) is 117 cm³/mol. The van der Waals surface area contributed by atoms with Crippen LogP contribution in [0, 0.1) is 18.3 Å². The molecule has 7 nitrogen and oxygen atoms in total. The van der Waals surface area contributed by atoms with Crippen LogP contribution >= 0.6 is 0 Å². The van der Waals surface area contributed by atoms with E-state index >= 15 is 0 Å². The smallest absolute Gasteiger partial charge is 0.269 e. The second-order valence-electron chi connectivity index (χ2n) is 6.81. The molecule has 0 aromatic heterocycles. The van der Waals surface area contributed by atoms with Crippen LogP contribution in [0.25, 0.3) is 0 Å². The topological polar surface area (TPSA) is 103 Å². The van der Waals surface area contributed by atoms with Crippen LogP contribution < -0.4 is 20.9 Å². The molecule has 0 radical (unpaired) electrons. The zero-order valence-electron chi connectivity index (χ0n) is 17.0. The zero-order valence-corrected chi connectivity index (χ0v) is 17.0. The molecule has 156 valence electrons. The fraction of sp³-hybridized carbons (Fsp3) is 0.125. The highest BCUT2D eigenvalue weighted by atomic mass is 16.5. The van der Waals surface area contributed by atoms with Crippen molar-refractivity contribution in [3.05, 3.63) is 95.1 Å². The van der Waals surface area contributed by atoms with E-state index < -0.39 is 5.91 Å². The summed E-state index contributed by atoms with van der Waals surface area (Å²) in [6.45, 7) is 2.21. The largest absolute Gasteiger partial charge is 0.489 e. The lowest BCUT2D eigenvalue weighted by Crippen LogP contribution is -2.44. The van der Waals surface area contributed by atoms with Crippen molar-refractivity contribution in [2.75, 3.05) is 11.9 Å². The molecule has 3 N–H and O–H groups in total. The molecule has 0 bridgehead atoms. The van der Waals surface area contributed by atoms with E-state index in [9.17, 15) is 9.59 Å². The first-order valence-corrected chi connectivity index (χ1v) is 9.66. The highest BCUT2D eigenvalue weighted by Crippen LogP contribution is 2.16. The Bertz CT molecular complexity index is 1100. The lowest BCUT2D eigenvalue weighted by Gasteiger charge is -2.11. The summed E-state index contributed by atoms with van der Waals surface area (Å²) in [5.41, 5.74) is 8.33. The van der Waals surface area contributed by atoms with Crippen LogP contribution in [0.4, 0.5) is 5.69 Å². The van der Waals surface area contributed by atoms with E-state index in [1.165, 1.54) is 0 Å². The SMILES string of the molecule is Cc1ccc(NCC(=O)NNC(=O)c2cccc(OCc3ccccc3C#N)c2)cc1. The number of nitriles is 1. The fourth-order valence-electron chi connectivity index (χ4n) is 2.74. The predicted octanol–water partition coefficient (Wildman–Crippen LogP) is 3.32. The van der Waals surface area contributed by atoms with E-state index in [0.29, 0.717) is 16.9 Å². The van der Waals surface area contributed by atoms with E-state index in [2.05, 4.69) is 22.2 Å². The van der Waals surface area contributed by atoms with Crippen molar-refractivity contribution in [3.8, 4) is 11.8 Å². The van der Waals surface area contributed by atoms with Gasteiger partial charge in [0, 0.05) is 16.8 Å². The summed E-state index contributed by atoms with van der Waals surface area (Å²) in [7, 11) is 0. The van der Waals surface area contributed by atoms with Crippen molar-refractivity contribution >= 4 is 17.5 Å². The van der Waals surface area contributed by atoms with Crippen LogP contribution in [0.5, 0.6) is 5.75 Å². The number of hydrogen-bond donors (Lipinski definition) is 3. The molecule has 0 unspecified atom stereocenters. The van der Waals surface area contributed by atoms with Crippen molar-refractivity contribution < 1.29 is 14.3 Å². The minimum absolute atomic E-state index is 0.0186. The van der Waals surface area contributed by atoms with Crippen molar-refractivity contribution in [3.63, 3.8) is 0 Å². The molecule has 7 heteroatoms. The van der Waals surface area contributed by atoms with E-state index in [4.69, 9.17) is 10.00 Å². The maximum atomic E-state index is 12.3. The molecule has 0 saturated carbocycles. The summed E-state index contributed by atoms with van der Waals surface area (Å²) in [5.74, 6) is -0.367. The average molecular weight is 414 g/mol. The number of ether oxygens (including phenoxy) is 1. The van der Waals surface area contributed by atoms with Gasteiger partial charge in [0.05, 0.1) is 18.2 Å². The Labute approximate surface area is 180 Å². The third kappa shape index (κ3) is 6.34. The number of anilines is 1. The molecule has 0 atom stereocenters. The summed E-state index contributed by atoms with van der Waals surface area (Å²) in [6.07, 6.45) is 0. The maximum absolute atomic E-state index is 12.3. The lowest BCUT2D eigenvalue weighted by molar-refractivity contribution is -0.120. The number of hydrazine groups is 1. The Hall–Kier alpha value is -4.31. The molecule has 0 heterocycles. The Morgan fingerprint density at radius 3 is 2.52 bits per heavy atom. The Morgan fingerprint density at radius 2 is 1.74 bits per heavy atom. The third-order valence-corrected chi connectivity index (χ3v) is 4.45. The zero-order chi connectivity index (χ0) is 22.1. The number of hydrogen-bond acceptors (Lipinski definition) is 5. The second-order valence-corrected chi connectivity index (χ2v) is 6.81. The van der Waals surface area contributed by atoms with Crippen molar-refractivity contribution in [1.29, 1.82) is 5.26 Å². The van der Waals surface area contributed by atoms with Crippen molar-refractivity contribution in [2.24, 2.45) is 0 Å². The van der Waals surface area contributed by atoms with Crippen LogP contribution in [0.2, 0.25) is 0 Å². The summed E-state index contributed by atoms with van der Waals surface area (Å²) < 4.78 is 5.72. The van der Waals surface area contributed by atoms with Crippen molar-refractivity contribution in [2.45, 2.75) is 13.5 Å². The van der Waals surface area contributed by atoms with Crippen LogP contribution in [0.3, 0.4) is 0 Å². The fourth-order valence-corrected chi connectivity index (χ4v) is 2.74.